The highest BCUT2D eigenvalue weighted by Crippen LogP contribution is 2.33. The summed E-state index contributed by atoms with van der Waals surface area (Å²) in [6.07, 6.45) is 1.64. The number of nitrogens with zero attached hydrogens (tertiary/aromatic N) is 2. The standard InChI is InChI=1S/C24H21ClN2O6S/c1-32-8-7-19(20(28)10-16-5-6-22(34-16)24(30)31)27-13-21(33-2)18(11-23(27)29)17-9-15(25)4-3-14(17)12-26/h3-6,9,11,13,19H,7-8,10H2,1-2H3,(H,30,31). The SMILES string of the molecule is COCCC(C(=O)Cc1ccc(C(=O)O)s1)n1cc(OC)c(-c2cc(Cl)ccc2C#N)cc1=O. The molecule has 1 atom stereocenters. The van der Waals surface area contributed by atoms with Gasteiger partial charge in [0.15, 0.2) is 5.78 Å². The second-order valence-corrected chi connectivity index (χ2v) is 8.92. The van der Waals surface area contributed by atoms with Crippen molar-refractivity contribution in [3.63, 3.8) is 0 Å². The first kappa shape index (κ1) is 25.2. The lowest BCUT2D eigenvalue weighted by Gasteiger charge is -2.20. The summed E-state index contributed by atoms with van der Waals surface area (Å²) >= 11 is 7.13. The zero-order valence-corrected chi connectivity index (χ0v) is 20.0. The van der Waals surface area contributed by atoms with Gasteiger partial charge in [-0.1, -0.05) is 11.6 Å². The molecule has 0 aliphatic heterocycles. The van der Waals surface area contributed by atoms with E-state index >= 15 is 0 Å². The smallest absolute Gasteiger partial charge is 0.345 e. The Balaban J connectivity index is 2.04. The number of Topliss-reactive ketones (excluding diaryl/α,β-unsaturated/α-hetero) is 1. The molecule has 0 radical (unpaired) electrons. The van der Waals surface area contributed by atoms with Crippen molar-refractivity contribution in [2.45, 2.75) is 18.9 Å². The van der Waals surface area contributed by atoms with Crippen molar-refractivity contribution in [3.05, 3.63) is 73.3 Å². The number of ether oxygens (including phenoxy) is 2. The third kappa shape index (κ3) is 5.54. The number of hydrogen-bond donors (Lipinski definition) is 1. The van der Waals surface area contributed by atoms with Gasteiger partial charge < -0.3 is 19.1 Å². The molecule has 3 aromatic rings. The van der Waals surface area contributed by atoms with Crippen LogP contribution < -0.4 is 10.3 Å². The predicted octanol–water partition coefficient (Wildman–Crippen LogP) is 4.20. The third-order valence-electron chi connectivity index (χ3n) is 5.18. The molecular formula is C24H21ClN2O6S. The second-order valence-electron chi connectivity index (χ2n) is 7.31. The summed E-state index contributed by atoms with van der Waals surface area (Å²) in [6.45, 7) is 0.227. The molecule has 0 fully saturated rings. The van der Waals surface area contributed by atoms with Gasteiger partial charge in [0, 0.05) is 47.2 Å². The van der Waals surface area contributed by atoms with E-state index in [1.165, 1.54) is 37.1 Å². The average molecular weight is 501 g/mol. The van der Waals surface area contributed by atoms with Gasteiger partial charge >= 0.3 is 5.97 Å². The van der Waals surface area contributed by atoms with Crippen molar-refractivity contribution >= 4 is 34.7 Å². The van der Waals surface area contributed by atoms with Crippen LogP contribution in [-0.4, -0.2) is 42.3 Å². The van der Waals surface area contributed by atoms with Crippen LogP contribution in [0.4, 0.5) is 0 Å². The minimum atomic E-state index is -1.06. The van der Waals surface area contributed by atoms with Crippen LogP contribution in [0.1, 0.15) is 32.6 Å². The van der Waals surface area contributed by atoms with Crippen LogP contribution >= 0.6 is 22.9 Å². The first-order valence-electron chi connectivity index (χ1n) is 10.1. The van der Waals surface area contributed by atoms with Crippen molar-refractivity contribution < 1.29 is 24.2 Å². The summed E-state index contributed by atoms with van der Waals surface area (Å²) < 4.78 is 11.9. The van der Waals surface area contributed by atoms with Gasteiger partial charge in [-0.25, -0.2) is 4.79 Å². The number of hydrogen-bond acceptors (Lipinski definition) is 7. The molecule has 8 nitrogen and oxygen atoms in total. The largest absolute Gasteiger partial charge is 0.495 e. The predicted molar refractivity (Wildman–Crippen MR) is 128 cm³/mol. The van der Waals surface area contributed by atoms with Gasteiger partial charge in [-0.3, -0.25) is 9.59 Å². The van der Waals surface area contributed by atoms with E-state index in [0.29, 0.717) is 26.6 Å². The van der Waals surface area contributed by atoms with Gasteiger partial charge in [0.05, 0.1) is 31.0 Å². The number of ketones is 1. The average Bonchev–Trinajstić information content (AvgIpc) is 3.28. The fourth-order valence-corrected chi connectivity index (χ4v) is 4.57. The number of rotatable bonds is 10. The molecule has 176 valence electrons. The topological polar surface area (TPSA) is 119 Å². The van der Waals surface area contributed by atoms with Crippen LogP contribution in [0.5, 0.6) is 5.75 Å². The maximum Gasteiger partial charge on any atom is 0.345 e. The first-order valence-corrected chi connectivity index (χ1v) is 11.3. The Labute approximate surface area is 204 Å². The number of aromatic carboxylic acids is 1. The Morgan fingerprint density at radius 3 is 2.59 bits per heavy atom. The number of thiophene rings is 1. The number of pyridine rings is 1. The van der Waals surface area contributed by atoms with E-state index in [1.807, 2.05) is 0 Å². The fourth-order valence-electron chi connectivity index (χ4n) is 3.54. The van der Waals surface area contributed by atoms with E-state index in [1.54, 1.807) is 24.3 Å². The van der Waals surface area contributed by atoms with Crippen LogP contribution in [0, 0.1) is 11.3 Å². The number of carboxylic acids is 1. The summed E-state index contributed by atoms with van der Waals surface area (Å²) in [5.74, 6) is -1.04. The van der Waals surface area contributed by atoms with Gasteiger partial charge in [0.25, 0.3) is 5.56 Å². The molecular weight excluding hydrogens is 480 g/mol. The van der Waals surface area contributed by atoms with E-state index in [2.05, 4.69) is 6.07 Å². The van der Waals surface area contributed by atoms with Crippen molar-refractivity contribution in [1.82, 2.24) is 4.57 Å². The minimum Gasteiger partial charge on any atom is -0.495 e. The molecule has 1 unspecified atom stereocenters. The number of methoxy groups -OCH3 is 2. The molecule has 2 aromatic heterocycles. The number of halogens is 1. The van der Waals surface area contributed by atoms with E-state index in [4.69, 9.17) is 26.2 Å². The monoisotopic (exact) mass is 500 g/mol. The molecule has 0 aliphatic carbocycles. The highest BCUT2D eigenvalue weighted by Gasteiger charge is 2.25. The van der Waals surface area contributed by atoms with Crippen LogP contribution in [-0.2, 0) is 16.0 Å². The number of benzene rings is 1. The summed E-state index contributed by atoms with van der Waals surface area (Å²) in [6, 6.07) is 10.3. The lowest BCUT2D eigenvalue weighted by molar-refractivity contribution is -0.122. The van der Waals surface area contributed by atoms with Gasteiger partial charge in [-0.2, -0.15) is 5.26 Å². The molecule has 10 heteroatoms. The Bertz CT molecular complexity index is 1320. The summed E-state index contributed by atoms with van der Waals surface area (Å²) in [5, 5.41) is 19.0. The number of nitriles is 1. The molecule has 0 saturated heterocycles. The number of carboxylic acid groups (broad SMARTS) is 1. The zero-order chi connectivity index (χ0) is 24.8. The number of aromatic nitrogens is 1. The highest BCUT2D eigenvalue weighted by atomic mass is 35.5. The minimum absolute atomic E-state index is 0.0320. The molecule has 0 spiro atoms. The molecule has 3 rings (SSSR count). The highest BCUT2D eigenvalue weighted by molar-refractivity contribution is 7.14. The van der Waals surface area contributed by atoms with Crippen LogP contribution in [0.3, 0.4) is 0 Å². The van der Waals surface area contributed by atoms with Crippen LogP contribution in [0.2, 0.25) is 5.02 Å². The first-order chi connectivity index (χ1) is 16.3. The normalized spacial score (nSPS) is 11.6. The fraction of sp³-hybridized carbons (Fsp3) is 0.250. The maximum absolute atomic E-state index is 13.2. The van der Waals surface area contributed by atoms with Crippen molar-refractivity contribution in [2.24, 2.45) is 0 Å². The number of carbonyl (C=O) groups is 2. The van der Waals surface area contributed by atoms with E-state index in [0.717, 1.165) is 11.3 Å². The maximum atomic E-state index is 13.2. The molecule has 1 N–H and O–H groups in total. The summed E-state index contributed by atoms with van der Waals surface area (Å²) in [5.41, 5.74) is 0.672. The van der Waals surface area contributed by atoms with Gasteiger partial charge in [-0.05, 0) is 36.8 Å². The van der Waals surface area contributed by atoms with Gasteiger partial charge in [0.1, 0.15) is 10.6 Å². The van der Waals surface area contributed by atoms with Crippen LogP contribution in [0.15, 0.2) is 47.4 Å². The third-order valence-corrected chi connectivity index (χ3v) is 6.49. The van der Waals surface area contributed by atoms with E-state index in [9.17, 15) is 19.6 Å². The lowest BCUT2D eigenvalue weighted by atomic mass is 9.99. The van der Waals surface area contributed by atoms with E-state index < -0.39 is 17.6 Å². The molecule has 2 heterocycles. The molecule has 0 amide bonds. The Hall–Kier alpha value is -3.45. The Morgan fingerprint density at radius 1 is 1.21 bits per heavy atom. The molecule has 0 bridgehead atoms. The van der Waals surface area contributed by atoms with Gasteiger partial charge in [-0.15, -0.1) is 11.3 Å². The summed E-state index contributed by atoms with van der Waals surface area (Å²) in [7, 11) is 2.92. The van der Waals surface area contributed by atoms with Gasteiger partial charge in [0.2, 0.25) is 0 Å². The summed E-state index contributed by atoms with van der Waals surface area (Å²) in [4.78, 5) is 38.2. The van der Waals surface area contributed by atoms with Crippen LogP contribution in [0.25, 0.3) is 11.1 Å². The van der Waals surface area contributed by atoms with E-state index in [-0.39, 0.29) is 35.9 Å². The molecule has 0 saturated carbocycles. The Morgan fingerprint density at radius 2 is 1.97 bits per heavy atom. The number of carbonyl (C=O) groups excluding carboxylic acids is 1. The molecule has 1 aromatic carbocycles. The molecule has 34 heavy (non-hydrogen) atoms. The second kappa shape index (κ2) is 11.1. The quantitative estimate of drug-likeness (QED) is 0.443. The van der Waals surface area contributed by atoms with Crippen molar-refractivity contribution in [2.75, 3.05) is 20.8 Å². The van der Waals surface area contributed by atoms with Crippen molar-refractivity contribution in [1.29, 1.82) is 5.26 Å². The molecule has 0 aliphatic rings. The Kier molecular flexibility index (Phi) is 8.23. The zero-order valence-electron chi connectivity index (χ0n) is 18.4. The lowest BCUT2D eigenvalue weighted by Crippen LogP contribution is -2.31. The van der Waals surface area contributed by atoms with Crippen molar-refractivity contribution in [3.8, 4) is 22.9 Å².